The Kier molecular flexibility index (Phi) is 7.00. The number of piperazine rings is 1. The Hall–Kier alpha value is -0.0800. The molecule has 1 aliphatic rings. The summed E-state index contributed by atoms with van der Waals surface area (Å²) in [5.41, 5.74) is 0.363. The van der Waals surface area contributed by atoms with Crippen LogP contribution in [0.2, 0.25) is 0 Å². The van der Waals surface area contributed by atoms with E-state index >= 15 is 0 Å². The van der Waals surface area contributed by atoms with Gasteiger partial charge in [-0.05, 0) is 30.1 Å². The summed E-state index contributed by atoms with van der Waals surface area (Å²) in [5, 5.41) is 3.80. The van der Waals surface area contributed by atoms with Crippen LogP contribution in [0.1, 0.15) is 67.7 Å². The van der Waals surface area contributed by atoms with Crippen LogP contribution >= 0.6 is 0 Å². The fraction of sp³-hybridized carbons (Fsp3) is 1.00. The molecule has 0 spiro atoms. The molecule has 2 nitrogen and oxygen atoms in total. The molecule has 1 rings (SSSR count). The predicted octanol–water partition coefficient (Wildman–Crippen LogP) is 4.16. The van der Waals surface area contributed by atoms with Crippen molar-refractivity contribution >= 4 is 0 Å². The molecule has 0 aromatic carbocycles. The molecule has 0 aromatic rings. The first-order chi connectivity index (χ1) is 9.24. The third-order valence-electron chi connectivity index (χ3n) is 4.58. The summed E-state index contributed by atoms with van der Waals surface area (Å²) in [7, 11) is 0. The number of nitrogens with zero attached hydrogens (tertiary/aromatic N) is 1. The van der Waals surface area contributed by atoms with Gasteiger partial charge in [0.2, 0.25) is 0 Å². The largest absolute Gasteiger partial charge is 0.311 e. The molecule has 0 aliphatic carbocycles. The van der Waals surface area contributed by atoms with Crippen LogP contribution in [0.15, 0.2) is 0 Å². The molecule has 0 aromatic heterocycles. The van der Waals surface area contributed by atoms with E-state index in [1.165, 1.54) is 32.4 Å². The Morgan fingerprint density at radius 3 is 2.35 bits per heavy atom. The van der Waals surface area contributed by atoms with Gasteiger partial charge in [-0.1, -0.05) is 54.9 Å². The average Bonchev–Trinajstić information content (AvgIpc) is 2.26. The highest BCUT2D eigenvalue weighted by Crippen LogP contribution is 2.28. The van der Waals surface area contributed by atoms with Gasteiger partial charge in [0.1, 0.15) is 0 Å². The zero-order chi connectivity index (χ0) is 15.3. The molecule has 2 heteroatoms. The lowest BCUT2D eigenvalue weighted by Gasteiger charge is -2.47. The highest BCUT2D eigenvalue weighted by Gasteiger charge is 2.35. The minimum absolute atomic E-state index is 0.363. The summed E-state index contributed by atoms with van der Waals surface area (Å²) in [5.74, 6) is 1.61. The molecule has 1 aliphatic heterocycles. The predicted molar refractivity (Wildman–Crippen MR) is 90.1 cm³/mol. The Labute approximate surface area is 127 Å². The molecule has 3 atom stereocenters. The molecule has 1 heterocycles. The zero-order valence-electron chi connectivity index (χ0n) is 15.0. The van der Waals surface area contributed by atoms with E-state index in [1.54, 1.807) is 0 Å². The molecule has 20 heavy (non-hydrogen) atoms. The van der Waals surface area contributed by atoms with Crippen molar-refractivity contribution in [2.75, 3.05) is 19.6 Å². The highest BCUT2D eigenvalue weighted by molar-refractivity contribution is 4.93. The summed E-state index contributed by atoms with van der Waals surface area (Å²) in [6.07, 6.45) is 3.97. The summed E-state index contributed by atoms with van der Waals surface area (Å²) >= 11 is 0. The summed E-state index contributed by atoms with van der Waals surface area (Å²) < 4.78 is 0. The molecule has 0 amide bonds. The third kappa shape index (κ3) is 5.73. The molecule has 0 saturated carbocycles. The van der Waals surface area contributed by atoms with Crippen molar-refractivity contribution in [1.82, 2.24) is 10.2 Å². The molecular weight excluding hydrogens is 244 g/mol. The lowest BCUT2D eigenvalue weighted by molar-refractivity contribution is 0.0399. The third-order valence-corrected chi connectivity index (χ3v) is 4.58. The van der Waals surface area contributed by atoms with Gasteiger partial charge in [-0.15, -0.1) is 0 Å². The van der Waals surface area contributed by atoms with Crippen LogP contribution in [0.25, 0.3) is 0 Å². The summed E-state index contributed by atoms with van der Waals surface area (Å²) in [6.45, 7) is 20.2. The van der Waals surface area contributed by atoms with E-state index in [-0.39, 0.29) is 0 Å². The van der Waals surface area contributed by atoms with Gasteiger partial charge in [-0.25, -0.2) is 0 Å². The van der Waals surface area contributed by atoms with Crippen LogP contribution < -0.4 is 5.32 Å². The van der Waals surface area contributed by atoms with Gasteiger partial charge < -0.3 is 5.32 Å². The zero-order valence-corrected chi connectivity index (χ0v) is 15.0. The topological polar surface area (TPSA) is 15.3 Å². The van der Waals surface area contributed by atoms with Gasteiger partial charge in [0.05, 0.1) is 0 Å². The van der Waals surface area contributed by atoms with Crippen molar-refractivity contribution in [1.29, 1.82) is 0 Å². The van der Waals surface area contributed by atoms with Crippen molar-refractivity contribution < 1.29 is 0 Å². The Morgan fingerprint density at radius 1 is 1.20 bits per heavy atom. The fourth-order valence-electron chi connectivity index (χ4n) is 3.65. The van der Waals surface area contributed by atoms with E-state index in [0.29, 0.717) is 17.5 Å². The van der Waals surface area contributed by atoms with E-state index in [1.807, 2.05) is 0 Å². The lowest BCUT2D eigenvalue weighted by atomic mass is 9.82. The van der Waals surface area contributed by atoms with Crippen molar-refractivity contribution in [3.8, 4) is 0 Å². The minimum atomic E-state index is 0.363. The fourth-order valence-corrected chi connectivity index (χ4v) is 3.65. The van der Waals surface area contributed by atoms with Gasteiger partial charge in [0.25, 0.3) is 0 Å². The molecule has 1 fully saturated rings. The second-order valence-corrected chi connectivity index (χ2v) is 8.46. The summed E-state index contributed by atoms with van der Waals surface area (Å²) in [4.78, 5) is 2.78. The normalized spacial score (nSPS) is 27.0. The Balaban J connectivity index is 2.67. The maximum Gasteiger partial charge on any atom is 0.0269 e. The number of nitrogens with one attached hydrogen (secondary N) is 1. The second kappa shape index (κ2) is 7.79. The quantitative estimate of drug-likeness (QED) is 0.787. The summed E-state index contributed by atoms with van der Waals surface area (Å²) in [6, 6.07) is 1.35. The maximum absolute atomic E-state index is 3.80. The number of hydrogen-bond acceptors (Lipinski definition) is 2. The molecule has 120 valence electrons. The van der Waals surface area contributed by atoms with Gasteiger partial charge in [-0.3, -0.25) is 4.90 Å². The van der Waals surface area contributed by atoms with Crippen LogP contribution in [-0.2, 0) is 0 Å². The van der Waals surface area contributed by atoms with Crippen molar-refractivity contribution in [3.63, 3.8) is 0 Å². The molecule has 0 bridgehead atoms. The van der Waals surface area contributed by atoms with Crippen molar-refractivity contribution in [2.45, 2.75) is 79.8 Å². The molecule has 3 unspecified atom stereocenters. The van der Waals surface area contributed by atoms with Crippen molar-refractivity contribution in [2.24, 2.45) is 17.3 Å². The highest BCUT2D eigenvalue weighted by atomic mass is 15.2. The van der Waals surface area contributed by atoms with Crippen LogP contribution in [0, 0.1) is 17.3 Å². The first kappa shape index (κ1) is 18.0. The van der Waals surface area contributed by atoms with Crippen LogP contribution in [-0.4, -0.2) is 36.6 Å². The van der Waals surface area contributed by atoms with E-state index in [9.17, 15) is 0 Å². The van der Waals surface area contributed by atoms with Gasteiger partial charge in [0.15, 0.2) is 0 Å². The van der Waals surface area contributed by atoms with E-state index < -0.39 is 0 Å². The lowest BCUT2D eigenvalue weighted by Crippen LogP contribution is -2.61. The van der Waals surface area contributed by atoms with Crippen LogP contribution in [0.3, 0.4) is 0 Å². The van der Waals surface area contributed by atoms with Gasteiger partial charge in [0, 0.05) is 31.7 Å². The number of hydrogen-bond donors (Lipinski definition) is 1. The van der Waals surface area contributed by atoms with Crippen LogP contribution in [0.5, 0.6) is 0 Å². The Morgan fingerprint density at radius 2 is 1.85 bits per heavy atom. The van der Waals surface area contributed by atoms with Crippen molar-refractivity contribution in [3.05, 3.63) is 0 Å². The molecule has 0 radical (unpaired) electrons. The molecule has 1 saturated heterocycles. The maximum atomic E-state index is 3.80. The molecule has 1 N–H and O–H groups in total. The molecular formula is C18H38N2. The van der Waals surface area contributed by atoms with Gasteiger partial charge >= 0.3 is 0 Å². The average molecular weight is 283 g/mol. The standard InChI is InChI=1S/C18H38N2/c1-8-9-15(4)12-20-13-16(10-14(2)3)19-11-17(20)18(5,6)7/h14-17,19H,8-13H2,1-7H3. The van der Waals surface area contributed by atoms with Gasteiger partial charge in [-0.2, -0.15) is 0 Å². The van der Waals surface area contributed by atoms with E-state index in [2.05, 4.69) is 58.7 Å². The first-order valence-corrected chi connectivity index (χ1v) is 8.71. The minimum Gasteiger partial charge on any atom is -0.311 e. The Bertz CT molecular complexity index is 267. The second-order valence-electron chi connectivity index (χ2n) is 8.46. The van der Waals surface area contributed by atoms with E-state index in [0.717, 1.165) is 18.4 Å². The monoisotopic (exact) mass is 282 g/mol. The van der Waals surface area contributed by atoms with E-state index in [4.69, 9.17) is 0 Å². The SMILES string of the molecule is CCCC(C)CN1CC(CC(C)C)NCC1C(C)(C)C. The number of rotatable bonds is 6. The smallest absolute Gasteiger partial charge is 0.0269 e. The first-order valence-electron chi connectivity index (χ1n) is 8.71. The van der Waals surface area contributed by atoms with Crippen LogP contribution in [0.4, 0.5) is 0 Å².